The standard InChI is InChI=1S/C21H21N3O2/c1-14-8-9-17(15(2)12-14)23-16-10-11-22-19(13-16)21(25)24-18-6-4-5-7-20(18)26-3/h4-13H,1-3H3,(H,22,23)(H,24,25). The zero-order valence-electron chi connectivity index (χ0n) is 15.0. The van der Waals surface area contributed by atoms with Gasteiger partial charge in [0, 0.05) is 17.6 Å². The van der Waals surface area contributed by atoms with E-state index in [4.69, 9.17) is 4.74 Å². The quantitative estimate of drug-likeness (QED) is 0.702. The van der Waals surface area contributed by atoms with E-state index in [1.54, 1.807) is 31.5 Å². The van der Waals surface area contributed by atoms with Crippen LogP contribution in [0.1, 0.15) is 21.6 Å². The lowest BCUT2D eigenvalue weighted by atomic mass is 10.1. The third-order valence-electron chi connectivity index (χ3n) is 4.01. The van der Waals surface area contributed by atoms with Crippen molar-refractivity contribution in [3.63, 3.8) is 0 Å². The molecule has 0 fully saturated rings. The molecule has 5 heteroatoms. The third kappa shape index (κ3) is 4.00. The summed E-state index contributed by atoms with van der Waals surface area (Å²) in [5.41, 5.74) is 5.08. The summed E-state index contributed by atoms with van der Waals surface area (Å²) in [6.07, 6.45) is 1.61. The number of carbonyl (C=O) groups is 1. The van der Waals surface area contributed by atoms with E-state index >= 15 is 0 Å². The molecule has 0 saturated heterocycles. The van der Waals surface area contributed by atoms with Gasteiger partial charge >= 0.3 is 0 Å². The second-order valence-corrected chi connectivity index (χ2v) is 6.03. The number of benzene rings is 2. The average molecular weight is 347 g/mol. The predicted molar refractivity (Wildman–Crippen MR) is 104 cm³/mol. The van der Waals surface area contributed by atoms with Gasteiger partial charge in [-0.2, -0.15) is 0 Å². The van der Waals surface area contributed by atoms with Crippen LogP contribution in [0.5, 0.6) is 5.75 Å². The topological polar surface area (TPSA) is 63.2 Å². The van der Waals surface area contributed by atoms with Gasteiger partial charge in [-0.15, -0.1) is 0 Å². The highest BCUT2D eigenvalue weighted by Crippen LogP contribution is 2.25. The normalized spacial score (nSPS) is 10.3. The average Bonchev–Trinajstić information content (AvgIpc) is 2.65. The van der Waals surface area contributed by atoms with Crippen LogP contribution in [0.3, 0.4) is 0 Å². The van der Waals surface area contributed by atoms with E-state index in [0.717, 1.165) is 16.9 Å². The van der Waals surface area contributed by atoms with E-state index in [9.17, 15) is 4.79 Å². The van der Waals surface area contributed by atoms with E-state index in [-0.39, 0.29) is 5.91 Å². The van der Waals surface area contributed by atoms with E-state index < -0.39 is 0 Å². The molecule has 2 aromatic carbocycles. The minimum atomic E-state index is -0.293. The molecule has 1 aromatic heterocycles. The first-order valence-electron chi connectivity index (χ1n) is 8.31. The number of anilines is 3. The summed E-state index contributed by atoms with van der Waals surface area (Å²) in [6.45, 7) is 4.11. The molecular weight excluding hydrogens is 326 g/mol. The van der Waals surface area contributed by atoms with Gasteiger partial charge in [-0.1, -0.05) is 29.8 Å². The Kier molecular flexibility index (Phi) is 5.17. The summed E-state index contributed by atoms with van der Waals surface area (Å²) in [6, 6.07) is 17.0. The van der Waals surface area contributed by atoms with Crippen molar-refractivity contribution in [2.24, 2.45) is 0 Å². The van der Waals surface area contributed by atoms with Crippen molar-refractivity contribution in [1.82, 2.24) is 4.98 Å². The first-order chi connectivity index (χ1) is 12.6. The molecule has 0 unspecified atom stereocenters. The van der Waals surface area contributed by atoms with E-state index in [0.29, 0.717) is 17.1 Å². The Morgan fingerprint density at radius 2 is 1.81 bits per heavy atom. The van der Waals surface area contributed by atoms with Crippen molar-refractivity contribution in [2.45, 2.75) is 13.8 Å². The fraction of sp³-hybridized carbons (Fsp3) is 0.143. The highest BCUT2D eigenvalue weighted by atomic mass is 16.5. The minimum Gasteiger partial charge on any atom is -0.495 e. The number of hydrogen-bond acceptors (Lipinski definition) is 4. The summed E-state index contributed by atoms with van der Waals surface area (Å²) in [7, 11) is 1.57. The van der Waals surface area contributed by atoms with Crippen LogP contribution >= 0.6 is 0 Å². The van der Waals surface area contributed by atoms with Crippen molar-refractivity contribution in [2.75, 3.05) is 17.7 Å². The Morgan fingerprint density at radius 1 is 1.00 bits per heavy atom. The van der Waals surface area contributed by atoms with Gasteiger partial charge in [0.1, 0.15) is 11.4 Å². The van der Waals surface area contributed by atoms with Crippen molar-refractivity contribution in [3.8, 4) is 5.75 Å². The molecular formula is C21H21N3O2. The van der Waals surface area contributed by atoms with E-state index in [2.05, 4.69) is 28.6 Å². The van der Waals surface area contributed by atoms with Gasteiger partial charge in [-0.3, -0.25) is 9.78 Å². The van der Waals surface area contributed by atoms with Crippen LogP contribution < -0.4 is 15.4 Å². The Morgan fingerprint density at radius 3 is 2.58 bits per heavy atom. The van der Waals surface area contributed by atoms with Gasteiger partial charge in [-0.25, -0.2) is 0 Å². The highest BCUT2D eigenvalue weighted by molar-refractivity contribution is 6.04. The lowest BCUT2D eigenvalue weighted by Gasteiger charge is -2.12. The fourth-order valence-electron chi connectivity index (χ4n) is 2.68. The van der Waals surface area contributed by atoms with Gasteiger partial charge < -0.3 is 15.4 Å². The highest BCUT2D eigenvalue weighted by Gasteiger charge is 2.11. The summed E-state index contributed by atoms with van der Waals surface area (Å²) in [4.78, 5) is 16.7. The molecule has 3 rings (SSSR count). The first kappa shape index (κ1) is 17.5. The smallest absolute Gasteiger partial charge is 0.274 e. The number of pyridine rings is 1. The molecule has 5 nitrogen and oxygen atoms in total. The van der Waals surface area contributed by atoms with Crippen molar-refractivity contribution in [1.29, 1.82) is 0 Å². The number of nitrogens with one attached hydrogen (secondary N) is 2. The first-order valence-corrected chi connectivity index (χ1v) is 8.31. The number of aryl methyl sites for hydroxylation is 2. The molecule has 0 spiro atoms. The Labute approximate surface area is 153 Å². The predicted octanol–water partition coefficient (Wildman–Crippen LogP) is 4.70. The van der Waals surface area contributed by atoms with Crippen molar-refractivity contribution >= 4 is 23.0 Å². The number of hydrogen-bond donors (Lipinski definition) is 2. The molecule has 1 amide bonds. The number of para-hydroxylation sites is 2. The number of rotatable bonds is 5. The molecule has 132 valence electrons. The van der Waals surface area contributed by atoms with Gasteiger partial charge in [0.2, 0.25) is 0 Å². The number of ether oxygens (including phenoxy) is 1. The van der Waals surface area contributed by atoms with Crippen molar-refractivity contribution < 1.29 is 9.53 Å². The molecule has 0 atom stereocenters. The lowest BCUT2D eigenvalue weighted by molar-refractivity contribution is 0.102. The molecule has 0 aliphatic rings. The fourth-order valence-corrected chi connectivity index (χ4v) is 2.68. The van der Waals surface area contributed by atoms with Crippen molar-refractivity contribution in [3.05, 3.63) is 77.6 Å². The summed E-state index contributed by atoms with van der Waals surface area (Å²) in [5, 5.41) is 6.17. The molecule has 0 aliphatic carbocycles. The summed E-state index contributed by atoms with van der Waals surface area (Å²) < 4.78 is 5.26. The maximum atomic E-state index is 12.5. The van der Waals surface area contributed by atoms with Crippen LogP contribution in [-0.4, -0.2) is 18.0 Å². The zero-order valence-corrected chi connectivity index (χ0v) is 15.0. The third-order valence-corrected chi connectivity index (χ3v) is 4.01. The van der Waals surface area contributed by atoms with E-state index in [1.807, 2.05) is 37.3 Å². The maximum Gasteiger partial charge on any atom is 0.274 e. The lowest BCUT2D eigenvalue weighted by Crippen LogP contribution is -2.14. The Bertz CT molecular complexity index is 938. The van der Waals surface area contributed by atoms with Crippen LogP contribution in [0.15, 0.2) is 60.8 Å². The second-order valence-electron chi connectivity index (χ2n) is 6.03. The second kappa shape index (κ2) is 7.70. The summed E-state index contributed by atoms with van der Waals surface area (Å²) in [5.74, 6) is 0.309. The molecule has 2 N–H and O–H groups in total. The monoisotopic (exact) mass is 347 g/mol. The van der Waals surface area contributed by atoms with E-state index in [1.165, 1.54) is 5.56 Å². The Balaban J connectivity index is 1.79. The van der Waals surface area contributed by atoms with Crippen LogP contribution in [0.4, 0.5) is 17.1 Å². The number of methoxy groups -OCH3 is 1. The van der Waals surface area contributed by atoms with Crippen LogP contribution in [0.2, 0.25) is 0 Å². The molecule has 0 aliphatic heterocycles. The van der Waals surface area contributed by atoms with Gasteiger partial charge in [0.15, 0.2) is 0 Å². The maximum absolute atomic E-state index is 12.5. The molecule has 0 radical (unpaired) electrons. The minimum absolute atomic E-state index is 0.293. The molecule has 0 bridgehead atoms. The van der Waals surface area contributed by atoms with Gasteiger partial charge in [0.25, 0.3) is 5.91 Å². The summed E-state index contributed by atoms with van der Waals surface area (Å²) >= 11 is 0. The number of nitrogens with zero attached hydrogens (tertiary/aromatic N) is 1. The van der Waals surface area contributed by atoms with Gasteiger partial charge in [0.05, 0.1) is 12.8 Å². The largest absolute Gasteiger partial charge is 0.495 e. The van der Waals surface area contributed by atoms with Crippen LogP contribution in [-0.2, 0) is 0 Å². The van der Waals surface area contributed by atoms with Crippen LogP contribution in [0.25, 0.3) is 0 Å². The molecule has 1 heterocycles. The number of carbonyl (C=O) groups excluding carboxylic acids is 1. The molecule has 3 aromatic rings. The zero-order chi connectivity index (χ0) is 18.5. The van der Waals surface area contributed by atoms with Crippen LogP contribution in [0, 0.1) is 13.8 Å². The van der Waals surface area contributed by atoms with Gasteiger partial charge in [-0.05, 0) is 49.7 Å². The molecule has 0 saturated carbocycles. The Hall–Kier alpha value is -3.34. The molecule has 26 heavy (non-hydrogen) atoms. The number of aromatic nitrogens is 1. The SMILES string of the molecule is COc1ccccc1NC(=O)c1cc(Nc2ccc(C)cc2C)ccn1. The number of amides is 1.